The Labute approximate surface area is 159 Å². The van der Waals surface area contributed by atoms with Crippen molar-refractivity contribution in [3.05, 3.63) is 65.2 Å². The smallest absolute Gasteiger partial charge is 0.257 e. The van der Waals surface area contributed by atoms with Crippen LogP contribution in [0.25, 0.3) is 0 Å². The summed E-state index contributed by atoms with van der Waals surface area (Å²) >= 11 is 5.24. The van der Waals surface area contributed by atoms with Gasteiger partial charge in [-0.25, -0.2) is 0 Å². The van der Waals surface area contributed by atoms with Gasteiger partial charge < -0.3 is 10.1 Å². The number of amides is 1. The van der Waals surface area contributed by atoms with Crippen molar-refractivity contribution in [2.75, 3.05) is 31.6 Å². The number of anilines is 1. The van der Waals surface area contributed by atoms with Crippen LogP contribution in [0.3, 0.4) is 0 Å². The minimum absolute atomic E-state index is 0.213. The Morgan fingerprint density at radius 1 is 1.15 bits per heavy atom. The predicted octanol–water partition coefficient (Wildman–Crippen LogP) is 2.95. The number of rotatable bonds is 4. The fraction of sp³-hybridized carbons (Fsp3) is 0.300. The van der Waals surface area contributed by atoms with Gasteiger partial charge in [0.05, 0.1) is 13.2 Å². The molecule has 0 saturated carbocycles. The second kappa shape index (κ2) is 8.89. The number of aryl methyl sites for hydroxylation is 1. The van der Waals surface area contributed by atoms with E-state index in [9.17, 15) is 4.79 Å². The molecule has 0 aromatic heterocycles. The Hall–Kier alpha value is -2.28. The van der Waals surface area contributed by atoms with Crippen LogP contribution in [0.1, 0.15) is 21.5 Å². The summed E-state index contributed by atoms with van der Waals surface area (Å²) in [5.41, 5.74) is 3.72. The molecule has 1 aliphatic rings. The van der Waals surface area contributed by atoms with Crippen LogP contribution in [-0.4, -0.2) is 42.2 Å². The molecule has 1 amide bonds. The zero-order valence-corrected chi connectivity index (χ0v) is 15.6. The predicted molar refractivity (Wildman–Crippen MR) is 107 cm³/mol. The summed E-state index contributed by atoms with van der Waals surface area (Å²) in [6.07, 6.45) is 0. The van der Waals surface area contributed by atoms with Crippen molar-refractivity contribution < 1.29 is 9.53 Å². The third-order valence-electron chi connectivity index (χ3n) is 4.23. The molecule has 0 bridgehead atoms. The van der Waals surface area contributed by atoms with Gasteiger partial charge in [0.25, 0.3) is 5.91 Å². The summed E-state index contributed by atoms with van der Waals surface area (Å²) in [5, 5.41) is 6.05. The lowest BCUT2D eigenvalue weighted by Crippen LogP contribution is -2.35. The van der Waals surface area contributed by atoms with Crippen molar-refractivity contribution in [3.63, 3.8) is 0 Å². The average Bonchev–Trinajstić information content (AvgIpc) is 2.64. The zero-order chi connectivity index (χ0) is 18.4. The largest absolute Gasteiger partial charge is 0.379 e. The Kier molecular flexibility index (Phi) is 6.33. The average molecular weight is 369 g/mol. The van der Waals surface area contributed by atoms with Crippen LogP contribution in [0.15, 0.2) is 48.5 Å². The van der Waals surface area contributed by atoms with Crippen LogP contribution in [-0.2, 0) is 11.3 Å². The van der Waals surface area contributed by atoms with Gasteiger partial charge in [-0.1, -0.05) is 29.8 Å². The molecule has 2 aromatic rings. The van der Waals surface area contributed by atoms with Gasteiger partial charge in [-0.05, 0) is 49.0 Å². The molecule has 1 saturated heterocycles. The zero-order valence-electron chi connectivity index (χ0n) is 14.8. The second-order valence-electron chi connectivity index (χ2n) is 6.36. The number of nitrogens with one attached hydrogen (secondary N) is 2. The van der Waals surface area contributed by atoms with E-state index in [0.717, 1.165) is 44.1 Å². The number of benzene rings is 2. The molecule has 136 valence electrons. The van der Waals surface area contributed by atoms with E-state index < -0.39 is 0 Å². The number of thiocarbonyl (C=S) groups is 1. The van der Waals surface area contributed by atoms with Crippen molar-refractivity contribution in [1.29, 1.82) is 0 Å². The number of carbonyl (C=O) groups excluding carboxylic acids is 1. The lowest BCUT2D eigenvalue weighted by atomic mass is 10.1. The quantitative estimate of drug-likeness (QED) is 0.812. The van der Waals surface area contributed by atoms with Gasteiger partial charge >= 0.3 is 0 Å². The van der Waals surface area contributed by atoms with Crippen molar-refractivity contribution >= 4 is 28.9 Å². The Morgan fingerprint density at radius 3 is 2.58 bits per heavy atom. The first kappa shape index (κ1) is 18.5. The van der Waals surface area contributed by atoms with Crippen molar-refractivity contribution in [1.82, 2.24) is 10.2 Å². The summed E-state index contributed by atoms with van der Waals surface area (Å²) in [6, 6.07) is 15.5. The number of morpholine rings is 1. The van der Waals surface area contributed by atoms with Gasteiger partial charge in [0, 0.05) is 30.9 Å². The van der Waals surface area contributed by atoms with Gasteiger partial charge in [-0.2, -0.15) is 0 Å². The SMILES string of the molecule is Cc1cccc(C(=O)NC(=S)Nc2ccc(CN3CCOCC3)cc2)c1. The molecule has 5 nitrogen and oxygen atoms in total. The lowest BCUT2D eigenvalue weighted by molar-refractivity contribution is 0.0342. The van der Waals surface area contributed by atoms with Gasteiger partial charge in [0.1, 0.15) is 0 Å². The van der Waals surface area contributed by atoms with E-state index in [0.29, 0.717) is 5.56 Å². The molecule has 1 heterocycles. The molecule has 26 heavy (non-hydrogen) atoms. The highest BCUT2D eigenvalue weighted by Crippen LogP contribution is 2.12. The van der Waals surface area contributed by atoms with Crippen LogP contribution in [0, 0.1) is 6.92 Å². The lowest BCUT2D eigenvalue weighted by Gasteiger charge is -2.26. The van der Waals surface area contributed by atoms with E-state index in [1.54, 1.807) is 6.07 Å². The molecular weight excluding hydrogens is 346 g/mol. The van der Waals surface area contributed by atoms with Crippen molar-refractivity contribution in [3.8, 4) is 0 Å². The molecule has 6 heteroatoms. The maximum absolute atomic E-state index is 12.2. The summed E-state index contributed by atoms with van der Waals surface area (Å²) in [4.78, 5) is 14.6. The monoisotopic (exact) mass is 369 g/mol. The van der Waals surface area contributed by atoms with E-state index in [1.165, 1.54) is 5.56 Å². The van der Waals surface area contributed by atoms with Crippen LogP contribution < -0.4 is 10.6 Å². The molecule has 0 unspecified atom stereocenters. The minimum atomic E-state index is -0.213. The normalized spacial score (nSPS) is 14.7. The fourth-order valence-corrected chi connectivity index (χ4v) is 3.05. The Morgan fingerprint density at radius 2 is 1.88 bits per heavy atom. The van der Waals surface area contributed by atoms with E-state index in [1.807, 2.05) is 37.3 Å². The number of hydrogen-bond donors (Lipinski definition) is 2. The molecule has 0 aliphatic carbocycles. The van der Waals surface area contributed by atoms with Crippen LogP contribution in [0.5, 0.6) is 0 Å². The van der Waals surface area contributed by atoms with E-state index in [4.69, 9.17) is 17.0 Å². The van der Waals surface area contributed by atoms with Gasteiger partial charge in [0.15, 0.2) is 5.11 Å². The summed E-state index contributed by atoms with van der Waals surface area (Å²) < 4.78 is 5.37. The molecule has 1 aliphatic heterocycles. The third kappa shape index (κ3) is 5.36. The molecule has 0 radical (unpaired) electrons. The van der Waals surface area contributed by atoms with Crippen LogP contribution in [0.4, 0.5) is 5.69 Å². The standard InChI is InChI=1S/C20H23N3O2S/c1-15-3-2-4-17(13-15)19(24)22-20(26)21-18-7-5-16(6-8-18)14-23-9-11-25-12-10-23/h2-8,13H,9-12,14H2,1H3,(H2,21,22,24,26). The molecule has 3 rings (SSSR count). The molecule has 2 aromatic carbocycles. The number of nitrogens with zero attached hydrogens (tertiary/aromatic N) is 1. The molecule has 2 N–H and O–H groups in total. The third-order valence-corrected chi connectivity index (χ3v) is 4.43. The van der Waals surface area contributed by atoms with E-state index in [2.05, 4.69) is 27.7 Å². The summed E-state index contributed by atoms with van der Waals surface area (Å²) in [6.45, 7) is 6.40. The molecular formula is C20H23N3O2S. The maximum atomic E-state index is 12.2. The summed E-state index contributed by atoms with van der Waals surface area (Å²) in [7, 11) is 0. The Bertz CT molecular complexity index is 771. The van der Waals surface area contributed by atoms with Crippen LogP contribution >= 0.6 is 12.2 Å². The van der Waals surface area contributed by atoms with Gasteiger partial charge in [-0.3, -0.25) is 15.0 Å². The van der Waals surface area contributed by atoms with Crippen molar-refractivity contribution in [2.45, 2.75) is 13.5 Å². The minimum Gasteiger partial charge on any atom is -0.379 e. The topological polar surface area (TPSA) is 53.6 Å². The first-order valence-electron chi connectivity index (χ1n) is 8.68. The van der Waals surface area contributed by atoms with E-state index >= 15 is 0 Å². The second-order valence-corrected chi connectivity index (χ2v) is 6.77. The highest BCUT2D eigenvalue weighted by atomic mass is 32.1. The van der Waals surface area contributed by atoms with E-state index in [-0.39, 0.29) is 11.0 Å². The Balaban J connectivity index is 1.51. The van der Waals surface area contributed by atoms with Crippen LogP contribution in [0.2, 0.25) is 0 Å². The highest BCUT2D eigenvalue weighted by Gasteiger charge is 2.11. The maximum Gasteiger partial charge on any atom is 0.257 e. The number of hydrogen-bond acceptors (Lipinski definition) is 4. The fourth-order valence-electron chi connectivity index (χ4n) is 2.83. The number of carbonyl (C=O) groups is 1. The summed E-state index contributed by atoms with van der Waals surface area (Å²) in [5.74, 6) is -0.213. The molecule has 0 atom stereocenters. The first-order valence-corrected chi connectivity index (χ1v) is 9.09. The first-order chi connectivity index (χ1) is 12.6. The molecule has 1 fully saturated rings. The highest BCUT2D eigenvalue weighted by molar-refractivity contribution is 7.80. The number of ether oxygens (including phenoxy) is 1. The van der Waals surface area contributed by atoms with Crippen molar-refractivity contribution in [2.24, 2.45) is 0 Å². The van der Waals surface area contributed by atoms with Gasteiger partial charge in [0.2, 0.25) is 0 Å². The molecule has 0 spiro atoms. The van der Waals surface area contributed by atoms with Gasteiger partial charge in [-0.15, -0.1) is 0 Å².